The molecule has 0 saturated heterocycles. The Morgan fingerprint density at radius 1 is 1.21 bits per heavy atom. The molecule has 0 radical (unpaired) electrons. The first-order valence-electron chi connectivity index (χ1n) is 11.0. The molecule has 6 nitrogen and oxygen atoms in total. The maximum atomic E-state index is 13.4. The zero-order valence-electron chi connectivity index (χ0n) is 19.8. The van der Waals surface area contributed by atoms with E-state index in [9.17, 15) is 4.39 Å². The van der Waals surface area contributed by atoms with Gasteiger partial charge in [-0.3, -0.25) is 0 Å². The molecule has 0 bridgehead atoms. The van der Waals surface area contributed by atoms with Crippen LogP contribution in [-0.2, 0) is 4.84 Å². The molecule has 0 amide bonds. The van der Waals surface area contributed by atoms with Crippen LogP contribution < -0.4 is 4.74 Å². The third kappa shape index (κ3) is 6.00. The van der Waals surface area contributed by atoms with Gasteiger partial charge >= 0.3 is 0 Å². The summed E-state index contributed by atoms with van der Waals surface area (Å²) in [6.45, 7) is 6.40. The van der Waals surface area contributed by atoms with Gasteiger partial charge in [0, 0.05) is 13.2 Å². The number of aryl methyl sites for hydroxylation is 1. The number of nitrogens with zero attached hydrogens (tertiary/aromatic N) is 4. The molecule has 3 aromatic rings. The Morgan fingerprint density at radius 2 is 1.97 bits per heavy atom. The summed E-state index contributed by atoms with van der Waals surface area (Å²) in [7, 11) is 3.62. The molecule has 7 heteroatoms. The average molecular weight is 451 g/mol. The van der Waals surface area contributed by atoms with Crippen molar-refractivity contribution in [3.63, 3.8) is 0 Å². The third-order valence-electron chi connectivity index (χ3n) is 5.38. The maximum absolute atomic E-state index is 13.4. The molecule has 1 unspecified atom stereocenters. The largest absolute Gasteiger partial charge is 0.495 e. The molecule has 174 valence electrons. The molecule has 2 aromatic carbocycles. The van der Waals surface area contributed by atoms with E-state index in [-0.39, 0.29) is 11.9 Å². The van der Waals surface area contributed by atoms with E-state index in [0.29, 0.717) is 12.4 Å². The molecule has 0 aliphatic carbocycles. The number of amidine groups is 1. The number of aromatic nitrogens is 2. The van der Waals surface area contributed by atoms with Crippen LogP contribution in [0.3, 0.4) is 0 Å². The second-order valence-electron chi connectivity index (χ2n) is 7.64. The minimum atomic E-state index is -0.248. The number of methoxy groups -OCH3 is 1. The summed E-state index contributed by atoms with van der Waals surface area (Å²) in [4.78, 5) is 11.7. The highest BCUT2D eigenvalue weighted by molar-refractivity contribution is 5.96. The van der Waals surface area contributed by atoms with Crippen LogP contribution in [0.1, 0.15) is 43.1 Å². The topological polar surface area (TPSA) is 51.9 Å². The summed E-state index contributed by atoms with van der Waals surface area (Å²) in [6.07, 6.45) is 8.43. The van der Waals surface area contributed by atoms with E-state index in [0.717, 1.165) is 34.7 Å². The van der Waals surface area contributed by atoms with Crippen molar-refractivity contribution in [1.82, 2.24) is 14.5 Å². The number of ether oxygens (including phenoxy) is 1. The van der Waals surface area contributed by atoms with Crippen molar-refractivity contribution in [2.45, 2.75) is 33.2 Å². The van der Waals surface area contributed by atoms with Gasteiger partial charge in [0.25, 0.3) is 0 Å². The summed E-state index contributed by atoms with van der Waals surface area (Å²) < 4.78 is 21.0. The molecule has 0 spiro atoms. The van der Waals surface area contributed by atoms with Gasteiger partial charge in [-0.1, -0.05) is 36.4 Å². The number of imidazole rings is 1. The average Bonchev–Trinajstić information content (AvgIpc) is 3.26. The molecule has 0 aliphatic rings. The van der Waals surface area contributed by atoms with Gasteiger partial charge in [0.2, 0.25) is 0 Å². The fourth-order valence-corrected chi connectivity index (χ4v) is 3.66. The first-order valence-corrected chi connectivity index (χ1v) is 11.0. The SMILES string of the molecule is CCO/N=C(/C=C/c1ccc(-n2cnc(C)c2)c(OC)c1)N(C)C(CC)c1ccc(F)cc1. The summed E-state index contributed by atoms with van der Waals surface area (Å²) >= 11 is 0. The van der Waals surface area contributed by atoms with Crippen molar-refractivity contribution in [2.75, 3.05) is 20.8 Å². The standard InChI is InChI=1S/C26H31FN4O2/c1-6-23(21-10-12-22(27)13-11-21)30(4)26(29-33-7-2)15-9-20-8-14-24(25(16-20)32-5)31-17-19(3)28-18-31/h8-18,23H,6-7H2,1-5H3/b15-9+,29-26-. The minimum Gasteiger partial charge on any atom is -0.495 e. The lowest BCUT2D eigenvalue weighted by Gasteiger charge is -2.29. The highest BCUT2D eigenvalue weighted by atomic mass is 19.1. The maximum Gasteiger partial charge on any atom is 0.168 e. The number of benzene rings is 2. The van der Waals surface area contributed by atoms with E-state index in [1.54, 1.807) is 13.4 Å². The van der Waals surface area contributed by atoms with Crippen LogP contribution in [0.15, 0.2) is 66.2 Å². The molecular weight excluding hydrogens is 419 g/mol. The summed E-state index contributed by atoms with van der Waals surface area (Å²) in [5.41, 5.74) is 3.82. The number of rotatable bonds is 9. The van der Waals surface area contributed by atoms with Crippen LogP contribution in [-0.4, -0.2) is 41.1 Å². The molecule has 1 atom stereocenters. The lowest BCUT2D eigenvalue weighted by molar-refractivity contribution is 0.152. The molecule has 33 heavy (non-hydrogen) atoms. The van der Waals surface area contributed by atoms with Crippen LogP contribution in [0.2, 0.25) is 0 Å². The van der Waals surface area contributed by atoms with Gasteiger partial charge in [0.05, 0.1) is 30.9 Å². The van der Waals surface area contributed by atoms with Gasteiger partial charge in [-0.05, 0) is 61.7 Å². The zero-order valence-corrected chi connectivity index (χ0v) is 19.8. The summed E-state index contributed by atoms with van der Waals surface area (Å²) in [5.74, 6) is 1.16. The van der Waals surface area contributed by atoms with Crippen LogP contribution in [0.4, 0.5) is 4.39 Å². The monoisotopic (exact) mass is 450 g/mol. The summed E-state index contributed by atoms with van der Waals surface area (Å²) in [6, 6.07) is 12.6. The second-order valence-corrected chi connectivity index (χ2v) is 7.64. The van der Waals surface area contributed by atoms with Crippen LogP contribution >= 0.6 is 0 Å². The van der Waals surface area contributed by atoms with Crippen molar-refractivity contribution in [3.8, 4) is 11.4 Å². The Labute approximate surface area is 195 Å². The number of likely N-dealkylation sites (N-methyl/N-ethyl adjacent to an activating group) is 1. The van der Waals surface area contributed by atoms with Gasteiger partial charge in [0.15, 0.2) is 5.84 Å². The van der Waals surface area contributed by atoms with Gasteiger partial charge in [-0.2, -0.15) is 0 Å². The van der Waals surface area contributed by atoms with Crippen LogP contribution in [0.5, 0.6) is 5.75 Å². The molecule has 0 aliphatic heterocycles. The number of halogens is 1. The van der Waals surface area contributed by atoms with E-state index in [1.807, 2.05) is 79.0 Å². The fraction of sp³-hybridized carbons (Fsp3) is 0.308. The van der Waals surface area contributed by atoms with Crippen LogP contribution in [0.25, 0.3) is 11.8 Å². The molecule has 0 N–H and O–H groups in total. The Bertz CT molecular complexity index is 1110. The minimum absolute atomic E-state index is 0.0239. The lowest BCUT2D eigenvalue weighted by Crippen LogP contribution is -2.30. The Balaban J connectivity index is 1.87. The predicted octanol–water partition coefficient (Wildman–Crippen LogP) is 5.77. The quantitative estimate of drug-likeness (QED) is 0.236. The Morgan fingerprint density at radius 3 is 2.58 bits per heavy atom. The molecular formula is C26H31FN4O2. The predicted molar refractivity (Wildman–Crippen MR) is 130 cm³/mol. The molecule has 0 saturated carbocycles. The van der Waals surface area contributed by atoms with Gasteiger partial charge in [-0.25, -0.2) is 9.37 Å². The molecule has 1 heterocycles. The third-order valence-corrected chi connectivity index (χ3v) is 5.38. The van der Waals surface area contributed by atoms with Gasteiger partial charge in [-0.15, -0.1) is 0 Å². The molecule has 0 fully saturated rings. The van der Waals surface area contributed by atoms with Crippen molar-refractivity contribution in [2.24, 2.45) is 5.16 Å². The highest BCUT2D eigenvalue weighted by Crippen LogP contribution is 2.26. The van der Waals surface area contributed by atoms with Crippen molar-refractivity contribution < 1.29 is 14.0 Å². The smallest absolute Gasteiger partial charge is 0.168 e. The van der Waals surface area contributed by atoms with Crippen molar-refractivity contribution in [1.29, 1.82) is 0 Å². The van der Waals surface area contributed by atoms with Gasteiger partial charge in [0.1, 0.15) is 18.2 Å². The van der Waals surface area contributed by atoms with Gasteiger partial charge < -0.3 is 19.0 Å². The fourth-order valence-electron chi connectivity index (χ4n) is 3.66. The molecule has 3 rings (SSSR count). The molecule has 1 aromatic heterocycles. The van der Waals surface area contributed by atoms with E-state index in [2.05, 4.69) is 17.1 Å². The van der Waals surface area contributed by atoms with Crippen molar-refractivity contribution in [3.05, 3.63) is 83.7 Å². The van der Waals surface area contributed by atoms with E-state index in [1.165, 1.54) is 12.1 Å². The van der Waals surface area contributed by atoms with Crippen molar-refractivity contribution >= 4 is 11.9 Å². The second kappa shape index (κ2) is 11.3. The Kier molecular flexibility index (Phi) is 8.24. The summed E-state index contributed by atoms with van der Waals surface area (Å²) in [5, 5.41) is 4.32. The highest BCUT2D eigenvalue weighted by Gasteiger charge is 2.18. The van der Waals surface area contributed by atoms with E-state index in [4.69, 9.17) is 9.57 Å². The lowest BCUT2D eigenvalue weighted by atomic mass is 10.0. The zero-order chi connectivity index (χ0) is 23.8. The number of hydrogen-bond donors (Lipinski definition) is 0. The first kappa shape index (κ1) is 24.0. The number of hydrogen-bond acceptors (Lipinski definition) is 4. The van der Waals surface area contributed by atoms with E-state index < -0.39 is 0 Å². The Hall–Kier alpha value is -3.61. The number of oxime groups is 1. The first-order chi connectivity index (χ1) is 16.0. The normalized spacial score (nSPS) is 12.7. The van der Waals surface area contributed by atoms with E-state index >= 15 is 0 Å². The van der Waals surface area contributed by atoms with Crippen LogP contribution in [0, 0.1) is 12.7 Å².